The largest absolute Gasteiger partial charge is 0.444 e. The Morgan fingerprint density at radius 2 is 2.11 bits per heavy atom. The van der Waals surface area contributed by atoms with Gasteiger partial charge < -0.3 is 19.9 Å². The molecule has 4 heterocycles. The summed E-state index contributed by atoms with van der Waals surface area (Å²) < 4.78 is 32.7. The summed E-state index contributed by atoms with van der Waals surface area (Å²) in [5.74, 6) is -0.859. The maximum Gasteiger partial charge on any atom is 0.408 e. The normalized spacial score (nSPS) is 25.5. The van der Waals surface area contributed by atoms with E-state index in [0.717, 1.165) is 11.3 Å². The molecule has 4 rings (SSSR count). The second kappa shape index (κ2) is 9.40. The van der Waals surface area contributed by atoms with Gasteiger partial charge in [-0.2, -0.15) is 9.57 Å². The highest BCUT2D eigenvalue weighted by Crippen LogP contribution is 2.37. The number of carbonyl (C=O) groups excluding carboxylic acids is 3. The number of thiophene rings is 1. The Labute approximate surface area is 208 Å². The van der Waals surface area contributed by atoms with Gasteiger partial charge in [-0.1, -0.05) is 6.07 Å². The molecule has 3 aliphatic heterocycles. The molecule has 0 saturated carbocycles. The van der Waals surface area contributed by atoms with Crippen molar-refractivity contribution in [3.05, 3.63) is 17.5 Å². The highest BCUT2D eigenvalue weighted by atomic mass is 32.2. The standard InChI is InChI=1S/C22H29N5O6S2/c1-22(2,3)33-21(30)24-16(19(28)25-8-4-6-14(25)11-23)13-26-15-10-17(20(26)29)27(12-15)35(31,32)18-7-5-9-34-18/h5,7,9,14-17H,4,6,8,10,12-13H2,1-3H3,(H,24,30)/t14-,15+,16-,17+/m0/s1. The van der Waals surface area contributed by atoms with Gasteiger partial charge in [-0.15, -0.1) is 11.3 Å². The number of alkyl carbamates (subject to hydrolysis) is 1. The highest BCUT2D eigenvalue weighted by molar-refractivity contribution is 7.91. The maximum absolute atomic E-state index is 13.4. The van der Waals surface area contributed by atoms with Crippen LogP contribution in [0.1, 0.15) is 40.0 Å². The zero-order chi connectivity index (χ0) is 25.5. The maximum atomic E-state index is 13.4. The first-order valence-corrected chi connectivity index (χ1v) is 13.8. The van der Waals surface area contributed by atoms with Crippen molar-refractivity contribution in [3.8, 4) is 6.07 Å². The van der Waals surface area contributed by atoms with Crippen molar-refractivity contribution >= 4 is 39.3 Å². The van der Waals surface area contributed by atoms with Gasteiger partial charge in [0.15, 0.2) is 0 Å². The third-order valence-corrected chi connectivity index (χ3v) is 9.60. The fourth-order valence-electron chi connectivity index (χ4n) is 4.83. The van der Waals surface area contributed by atoms with E-state index in [9.17, 15) is 28.1 Å². The molecule has 3 aliphatic rings. The number of rotatable bonds is 6. The molecule has 11 nitrogen and oxygen atoms in total. The third kappa shape index (κ3) is 5.00. The van der Waals surface area contributed by atoms with Gasteiger partial charge in [0.1, 0.15) is 27.9 Å². The first-order valence-electron chi connectivity index (χ1n) is 11.5. The van der Waals surface area contributed by atoms with E-state index in [4.69, 9.17) is 4.74 Å². The molecule has 0 spiro atoms. The van der Waals surface area contributed by atoms with Crippen LogP contribution in [0.2, 0.25) is 0 Å². The first kappa shape index (κ1) is 25.4. The molecule has 0 radical (unpaired) electrons. The molecular formula is C22H29N5O6S2. The topological polar surface area (TPSA) is 140 Å². The van der Waals surface area contributed by atoms with E-state index in [1.807, 2.05) is 0 Å². The summed E-state index contributed by atoms with van der Waals surface area (Å²) in [6.45, 7) is 5.47. The zero-order valence-electron chi connectivity index (χ0n) is 19.8. The number of likely N-dealkylation sites (tertiary alicyclic amines) is 2. The van der Waals surface area contributed by atoms with Crippen LogP contribution in [0.25, 0.3) is 0 Å². The number of amides is 3. The Morgan fingerprint density at radius 1 is 1.37 bits per heavy atom. The molecule has 2 bridgehead atoms. The lowest BCUT2D eigenvalue weighted by atomic mass is 10.1. The number of carbonyl (C=O) groups is 3. The van der Waals surface area contributed by atoms with Gasteiger partial charge in [0.2, 0.25) is 11.8 Å². The molecule has 0 unspecified atom stereocenters. The lowest BCUT2D eigenvalue weighted by Crippen LogP contribution is -2.59. The Hall–Kier alpha value is -2.69. The van der Waals surface area contributed by atoms with Crippen LogP contribution in [-0.2, 0) is 24.3 Å². The van der Waals surface area contributed by atoms with Gasteiger partial charge in [0, 0.05) is 19.1 Å². The number of piperazine rings is 1. The van der Waals surface area contributed by atoms with E-state index in [1.54, 1.807) is 32.2 Å². The predicted molar refractivity (Wildman–Crippen MR) is 126 cm³/mol. The van der Waals surface area contributed by atoms with E-state index in [1.165, 1.54) is 20.2 Å². The summed E-state index contributed by atoms with van der Waals surface area (Å²) in [5.41, 5.74) is -0.792. The second-order valence-corrected chi connectivity index (χ2v) is 13.0. The number of fused-ring (bicyclic) bond motifs is 2. The summed E-state index contributed by atoms with van der Waals surface area (Å²) in [4.78, 5) is 42.0. The molecular weight excluding hydrogens is 494 g/mol. The average molecular weight is 524 g/mol. The minimum atomic E-state index is -3.79. The zero-order valence-corrected chi connectivity index (χ0v) is 21.5. The molecule has 13 heteroatoms. The molecule has 0 aromatic carbocycles. The average Bonchev–Trinajstić information content (AvgIpc) is 3.56. The molecule has 4 atom stereocenters. The van der Waals surface area contributed by atoms with Gasteiger partial charge in [-0.3, -0.25) is 9.59 Å². The van der Waals surface area contributed by atoms with E-state index in [2.05, 4.69) is 11.4 Å². The summed E-state index contributed by atoms with van der Waals surface area (Å²) in [5, 5.41) is 13.7. The summed E-state index contributed by atoms with van der Waals surface area (Å²) >= 11 is 1.10. The Morgan fingerprint density at radius 3 is 2.71 bits per heavy atom. The van der Waals surface area contributed by atoms with Crippen LogP contribution in [0.3, 0.4) is 0 Å². The highest BCUT2D eigenvalue weighted by Gasteiger charge is 2.55. The fraction of sp³-hybridized carbons (Fsp3) is 0.636. The second-order valence-electron chi connectivity index (χ2n) is 9.92. The third-order valence-electron chi connectivity index (χ3n) is 6.35. The number of nitrogens with one attached hydrogen (secondary N) is 1. The van der Waals surface area contributed by atoms with Crippen LogP contribution < -0.4 is 5.32 Å². The number of hydrogen-bond donors (Lipinski definition) is 1. The molecule has 3 saturated heterocycles. The summed E-state index contributed by atoms with van der Waals surface area (Å²) in [6.07, 6.45) is 0.736. The van der Waals surface area contributed by atoms with E-state index < -0.39 is 57.7 Å². The number of sulfonamides is 1. The van der Waals surface area contributed by atoms with Crippen molar-refractivity contribution in [3.63, 3.8) is 0 Å². The minimum absolute atomic E-state index is 0.120. The van der Waals surface area contributed by atoms with Crippen molar-refractivity contribution < 1.29 is 27.5 Å². The Kier molecular flexibility index (Phi) is 6.82. The van der Waals surface area contributed by atoms with Crippen molar-refractivity contribution in [1.82, 2.24) is 19.4 Å². The van der Waals surface area contributed by atoms with Crippen LogP contribution in [-0.4, -0.2) is 89.8 Å². The number of nitriles is 1. The SMILES string of the molecule is CC(C)(C)OC(=O)N[C@@H](CN1C(=O)[C@H]2C[C@@H]1CN2S(=O)(=O)c1cccs1)C(=O)N1CCC[C@H]1C#N. The van der Waals surface area contributed by atoms with Gasteiger partial charge in [-0.25, -0.2) is 13.2 Å². The van der Waals surface area contributed by atoms with E-state index in [-0.39, 0.29) is 17.3 Å². The minimum Gasteiger partial charge on any atom is -0.444 e. The Balaban J connectivity index is 1.51. The molecule has 3 fully saturated rings. The quantitative estimate of drug-likeness (QED) is 0.589. The molecule has 3 amide bonds. The van der Waals surface area contributed by atoms with Crippen LogP contribution >= 0.6 is 11.3 Å². The molecule has 1 aromatic rings. The fourth-order valence-corrected chi connectivity index (χ4v) is 7.58. The number of nitrogens with zero attached hydrogens (tertiary/aromatic N) is 4. The van der Waals surface area contributed by atoms with Crippen molar-refractivity contribution in [2.45, 2.75) is 74.0 Å². The lowest BCUT2D eigenvalue weighted by Gasteiger charge is -2.36. The lowest BCUT2D eigenvalue weighted by molar-refractivity contribution is -0.138. The van der Waals surface area contributed by atoms with Crippen molar-refractivity contribution in [2.75, 3.05) is 19.6 Å². The van der Waals surface area contributed by atoms with E-state index >= 15 is 0 Å². The van der Waals surface area contributed by atoms with Crippen LogP contribution in [0, 0.1) is 11.3 Å². The number of ether oxygens (including phenoxy) is 1. The van der Waals surface area contributed by atoms with Gasteiger partial charge in [0.25, 0.3) is 10.0 Å². The predicted octanol–water partition coefficient (Wildman–Crippen LogP) is 1.13. The van der Waals surface area contributed by atoms with Gasteiger partial charge in [0.05, 0.1) is 12.6 Å². The molecule has 1 aromatic heterocycles. The van der Waals surface area contributed by atoms with Crippen LogP contribution in [0.5, 0.6) is 0 Å². The van der Waals surface area contributed by atoms with Crippen molar-refractivity contribution in [1.29, 1.82) is 5.26 Å². The summed E-state index contributed by atoms with van der Waals surface area (Å²) in [6, 6.07) is 2.29. The number of hydrogen-bond acceptors (Lipinski definition) is 8. The molecule has 1 N–H and O–H groups in total. The summed E-state index contributed by atoms with van der Waals surface area (Å²) in [7, 11) is -3.79. The first-order chi connectivity index (χ1) is 16.4. The molecule has 190 valence electrons. The molecule has 0 aliphatic carbocycles. The smallest absolute Gasteiger partial charge is 0.408 e. The molecule has 35 heavy (non-hydrogen) atoms. The van der Waals surface area contributed by atoms with E-state index in [0.29, 0.717) is 25.8 Å². The monoisotopic (exact) mass is 523 g/mol. The van der Waals surface area contributed by atoms with Gasteiger partial charge >= 0.3 is 6.09 Å². The van der Waals surface area contributed by atoms with Crippen molar-refractivity contribution in [2.24, 2.45) is 0 Å². The Bertz CT molecular complexity index is 1140. The van der Waals surface area contributed by atoms with Crippen LogP contribution in [0.15, 0.2) is 21.7 Å². The van der Waals surface area contributed by atoms with Crippen LogP contribution in [0.4, 0.5) is 4.79 Å². The van der Waals surface area contributed by atoms with Gasteiger partial charge in [-0.05, 0) is 51.5 Å².